The van der Waals surface area contributed by atoms with E-state index in [0.29, 0.717) is 10.7 Å². The highest BCUT2D eigenvalue weighted by atomic mass is 35.5. The van der Waals surface area contributed by atoms with Crippen molar-refractivity contribution < 1.29 is 0 Å². The third-order valence-corrected chi connectivity index (χ3v) is 3.53. The Kier molecular flexibility index (Phi) is 2.99. The molecule has 6 heteroatoms. The van der Waals surface area contributed by atoms with Crippen LogP contribution in [0.1, 0.15) is 0 Å². The van der Waals surface area contributed by atoms with E-state index in [1.807, 2.05) is 42.1 Å². The minimum absolute atomic E-state index is 0.259. The lowest BCUT2D eigenvalue weighted by Gasteiger charge is -2.09. The van der Waals surface area contributed by atoms with Crippen molar-refractivity contribution in [1.29, 1.82) is 0 Å². The first-order chi connectivity index (χ1) is 9.56. The Bertz CT molecular complexity index is 850. The van der Waals surface area contributed by atoms with Crippen molar-refractivity contribution in [1.82, 2.24) is 14.3 Å². The Hall–Kier alpha value is -2.27. The van der Waals surface area contributed by atoms with Crippen LogP contribution in [0, 0.1) is 0 Å². The van der Waals surface area contributed by atoms with Gasteiger partial charge in [-0.3, -0.25) is 4.79 Å². The first kappa shape index (κ1) is 12.7. The molecule has 0 unspecified atom stereocenters. The Morgan fingerprint density at radius 3 is 2.85 bits per heavy atom. The molecule has 2 aromatic heterocycles. The molecule has 2 heterocycles. The number of nitrogens with one attached hydrogen (secondary N) is 1. The van der Waals surface area contributed by atoms with E-state index in [-0.39, 0.29) is 5.56 Å². The quantitative estimate of drug-likeness (QED) is 0.789. The number of hydrogen-bond donors (Lipinski definition) is 1. The standard InChI is InChI=1S/C14H13ClN4O/c1-18-6-5-9-7-10(3-4-12(9)18)17-13-11(15)8-16-19(2)14(13)20/h3-8,17H,1-2H3. The molecular formula is C14H13ClN4O. The first-order valence-electron chi connectivity index (χ1n) is 6.10. The molecule has 0 aliphatic heterocycles. The maximum absolute atomic E-state index is 12.0. The number of aryl methyl sites for hydroxylation is 2. The smallest absolute Gasteiger partial charge is 0.291 e. The molecule has 0 atom stereocenters. The van der Waals surface area contributed by atoms with E-state index < -0.39 is 0 Å². The number of anilines is 2. The monoisotopic (exact) mass is 288 g/mol. The third kappa shape index (κ3) is 2.06. The van der Waals surface area contributed by atoms with Crippen molar-refractivity contribution in [3.05, 3.63) is 52.0 Å². The summed E-state index contributed by atoms with van der Waals surface area (Å²) in [7, 11) is 3.58. The summed E-state index contributed by atoms with van der Waals surface area (Å²) in [4.78, 5) is 12.0. The summed E-state index contributed by atoms with van der Waals surface area (Å²) in [6, 6.07) is 7.91. The van der Waals surface area contributed by atoms with Gasteiger partial charge >= 0.3 is 0 Å². The molecule has 0 radical (unpaired) electrons. The zero-order valence-electron chi connectivity index (χ0n) is 11.1. The second-order valence-corrected chi connectivity index (χ2v) is 5.03. The molecule has 0 amide bonds. The molecule has 0 fully saturated rings. The maximum Gasteiger partial charge on any atom is 0.291 e. The molecule has 0 saturated carbocycles. The SMILES string of the molecule is Cn1ncc(Cl)c(Nc2ccc3c(ccn3C)c2)c1=O. The summed E-state index contributed by atoms with van der Waals surface area (Å²) >= 11 is 6.03. The summed E-state index contributed by atoms with van der Waals surface area (Å²) < 4.78 is 3.28. The minimum atomic E-state index is -0.259. The van der Waals surface area contributed by atoms with Crippen LogP contribution in [0.4, 0.5) is 11.4 Å². The zero-order valence-corrected chi connectivity index (χ0v) is 11.8. The van der Waals surface area contributed by atoms with Gasteiger partial charge in [-0.05, 0) is 24.3 Å². The molecule has 102 valence electrons. The molecule has 0 aliphatic rings. The van der Waals surface area contributed by atoms with Crippen LogP contribution in [-0.4, -0.2) is 14.3 Å². The number of aromatic nitrogens is 3. The van der Waals surface area contributed by atoms with Crippen LogP contribution in [0.5, 0.6) is 0 Å². The summed E-state index contributed by atoms with van der Waals surface area (Å²) in [5.74, 6) is 0. The van der Waals surface area contributed by atoms with Gasteiger partial charge in [0.05, 0.1) is 11.2 Å². The van der Waals surface area contributed by atoms with Crippen molar-refractivity contribution in [2.24, 2.45) is 14.1 Å². The lowest BCUT2D eigenvalue weighted by molar-refractivity contribution is 0.710. The van der Waals surface area contributed by atoms with Crippen molar-refractivity contribution in [3.8, 4) is 0 Å². The van der Waals surface area contributed by atoms with Crippen LogP contribution >= 0.6 is 11.6 Å². The highest BCUT2D eigenvalue weighted by Gasteiger charge is 2.09. The predicted octanol–water partition coefficient (Wildman–Crippen LogP) is 2.67. The van der Waals surface area contributed by atoms with Gasteiger partial charge in [0.2, 0.25) is 0 Å². The van der Waals surface area contributed by atoms with Crippen molar-refractivity contribution >= 4 is 33.9 Å². The lowest BCUT2D eigenvalue weighted by atomic mass is 10.2. The van der Waals surface area contributed by atoms with Crippen LogP contribution in [-0.2, 0) is 14.1 Å². The second kappa shape index (κ2) is 4.68. The summed E-state index contributed by atoms with van der Waals surface area (Å²) in [6.45, 7) is 0. The Morgan fingerprint density at radius 1 is 1.25 bits per heavy atom. The first-order valence-corrected chi connectivity index (χ1v) is 6.48. The van der Waals surface area contributed by atoms with Gasteiger partial charge in [0, 0.05) is 36.9 Å². The highest BCUT2D eigenvalue weighted by molar-refractivity contribution is 6.33. The van der Waals surface area contributed by atoms with Gasteiger partial charge in [0.15, 0.2) is 0 Å². The molecule has 5 nitrogen and oxygen atoms in total. The van der Waals surface area contributed by atoms with E-state index >= 15 is 0 Å². The molecule has 20 heavy (non-hydrogen) atoms. The molecule has 0 spiro atoms. The number of nitrogens with zero attached hydrogens (tertiary/aromatic N) is 3. The number of fused-ring (bicyclic) bond motifs is 1. The van der Waals surface area contributed by atoms with Gasteiger partial charge in [-0.15, -0.1) is 0 Å². The van der Waals surface area contributed by atoms with Crippen LogP contribution in [0.3, 0.4) is 0 Å². The van der Waals surface area contributed by atoms with Crippen LogP contribution < -0.4 is 10.9 Å². The molecule has 1 aromatic carbocycles. The normalized spacial score (nSPS) is 10.9. The summed E-state index contributed by atoms with van der Waals surface area (Å²) in [5.41, 5.74) is 2.02. The molecular weight excluding hydrogens is 276 g/mol. The minimum Gasteiger partial charge on any atom is -0.351 e. The fourth-order valence-electron chi connectivity index (χ4n) is 2.14. The average Bonchev–Trinajstić information content (AvgIpc) is 2.80. The fourth-order valence-corrected chi connectivity index (χ4v) is 2.31. The third-order valence-electron chi connectivity index (χ3n) is 3.25. The number of hydrogen-bond acceptors (Lipinski definition) is 3. The maximum atomic E-state index is 12.0. The topological polar surface area (TPSA) is 51.9 Å². The van der Waals surface area contributed by atoms with Gasteiger partial charge in [-0.1, -0.05) is 11.6 Å². The average molecular weight is 289 g/mol. The van der Waals surface area contributed by atoms with Gasteiger partial charge in [-0.2, -0.15) is 5.10 Å². The molecule has 0 aliphatic carbocycles. The fraction of sp³-hybridized carbons (Fsp3) is 0.143. The molecule has 1 N–H and O–H groups in total. The number of benzene rings is 1. The Balaban J connectivity index is 2.05. The Morgan fingerprint density at radius 2 is 2.05 bits per heavy atom. The zero-order chi connectivity index (χ0) is 14.3. The van der Waals surface area contributed by atoms with E-state index in [0.717, 1.165) is 16.6 Å². The van der Waals surface area contributed by atoms with Gasteiger partial charge in [0.25, 0.3) is 5.56 Å². The van der Waals surface area contributed by atoms with E-state index in [2.05, 4.69) is 10.4 Å². The Labute approximate surface area is 120 Å². The number of halogens is 1. The van der Waals surface area contributed by atoms with Crippen LogP contribution in [0.25, 0.3) is 10.9 Å². The van der Waals surface area contributed by atoms with Crippen molar-refractivity contribution in [3.63, 3.8) is 0 Å². The van der Waals surface area contributed by atoms with E-state index in [1.165, 1.54) is 10.9 Å². The van der Waals surface area contributed by atoms with Crippen LogP contribution in [0.2, 0.25) is 5.02 Å². The molecule has 0 bridgehead atoms. The van der Waals surface area contributed by atoms with E-state index in [9.17, 15) is 4.79 Å². The summed E-state index contributed by atoms with van der Waals surface area (Å²) in [5, 5.41) is 8.33. The van der Waals surface area contributed by atoms with E-state index in [1.54, 1.807) is 7.05 Å². The van der Waals surface area contributed by atoms with Crippen molar-refractivity contribution in [2.75, 3.05) is 5.32 Å². The van der Waals surface area contributed by atoms with Crippen LogP contribution in [0.15, 0.2) is 41.5 Å². The molecule has 3 rings (SSSR count). The van der Waals surface area contributed by atoms with Crippen molar-refractivity contribution in [2.45, 2.75) is 0 Å². The van der Waals surface area contributed by atoms with Gasteiger partial charge in [-0.25, -0.2) is 4.68 Å². The summed E-state index contributed by atoms with van der Waals surface area (Å²) in [6.07, 6.45) is 3.44. The van der Waals surface area contributed by atoms with Gasteiger partial charge < -0.3 is 9.88 Å². The highest BCUT2D eigenvalue weighted by Crippen LogP contribution is 2.24. The lowest BCUT2D eigenvalue weighted by Crippen LogP contribution is -2.22. The second-order valence-electron chi connectivity index (χ2n) is 4.62. The number of rotatable bonds is 2. The predicted molar refractivity (Wildman–Crippen MR) is 80.7 cm³/mol. The van der Waals surface area contributed by atoms with E-state index in [4.69, 9.17) is 11.6 Å². The van der Waals surface area contributed by atoms with Gasteiger partial charge in [0.1, 0.15) is 5.69 Å². The largest absolute Gasteiger partial charge is 0.351 e. The molecule has 3 aromatic rings. The molecule has 0 saturated heterocycles.